The van der Waals surface area contributed by atoms with Crippen LogP contribution in [0.3, 0.4) is 0 Å². The van der Waals surface area contributed by atoms with Gasteiger partial charge in [0.05, 0.1) is 6.10 Å². The van der Waals surface area contributed by atoms with E-state index in [1.165, 1.54) is 51.4 Å². The van der Waals surface area contributed by atoms with Gasteiger partial charge in [-0.1, -0.05) is 77.4 Å². The molecule has 1 nitrogen and oxygen atoms in total. The van der Waals surface area contributed by atoms with Crippen molar-refractivity contribution in [1.29, 1.82) is 0 Å². The summed E-state index contributed by atoms with van der Waals surface area (Å²) in [5.74, 6) is 3.30. The third-order valence-corrected chi connectivity index (χ3v) is 4.16. The summed E-state index contributed by atoms with van der Waals surface area (Å²) in [5.41, 5.74) is 3.40. The Morgan fingerprint density at radius 1 is 0.944 bits per heavy atom. The van der Waals surface area contributed by atoms with Crippen LogP contribution in [-0.2, 0) is 4.74 Å². The number of epoxide rings is 1. The SMILES string of the molecule is CCCCCCCCC[C@@H]1O[C@@H]1C#C[Si](C)(C)C. The first-order valence-electron chi connectivity index (χ1n) is 7.71. The van der Waals surface area contributed by atoms with Gasteiger partial charge in [-0.15, -0.1) is 5.54 Å². The molecule has 1 heterocycles. The normalized spacial score (nSPS) is 22.4. The second-order valence-corrected chi connectivity index (χ2v) is 11.3. The summed E-state index contributed by atoms with van der Waals surface area (Å²) in [4.78, 5) is 0. The summed E-state index contributed by atoms with van der Waals surface area (Å²) in [5, 5.41) is 0. The molecule has 1 saturated heterocycles. The Morgan fingerprint density at radius 3 is 2.17 bits per heavy atom. The summed E-state index contributed by atoms with van der Waals surface area (Å²) in [6, 6.07) is 0. The molecule has 0 saturated carbocycles. The molecule has 1 aliphatic heterocycles. The summed E-state index contributed by atoms with van der Waals surface area (Å²) in [7, 11) is -1.21. The van der Waals surface area contributed by atoms with Crippen molar-refractivity contribution in [1.82, 2.24) is 0 Å². The van der Waals surface area contributed by atoms with Gasteiger partial charge in [0, 0.05) is 0 Å². The highest BCUT2D eigenvalue weighted by molar-refractivity contribution is 6.83. The largest absolute Gasteiger partial charge is 0.356 e. The van der Waals surface area contributed by atoms with Crippen LogP contribution in [-0.4, -0.2) is 20.3 Å². The Morgan fingerprint density at radius 2 is 1.56 bits per heavy atom. The third-order valence-electron chi connectivity index (χ3n) is 3.26. The predicted octanol–water partition coefficient (Wildman–Crippen LogP) is 4.78. The van der Waals surface area contributed by atoms with Crippen LogP contribution in [0.1, 0.15) is 58.3 Å². The van der Waals surface area contributed by atoms with Crippen LogP contribution in [0.4, 0.5) is 0 Å². The van der Waals surface area contributed by atoms with Crippen LogP contribution in [0.5, 0.6) is 0 Å². The van der Waals surface area contributed by atoms with Gasteiger partial charge in [0.25, 0.3) is 0 Å². The lowest BCUT2D eigenvalue weighted by atomic mass is 10.1. The first kappa shape index (κ1) is 15.8. The van der Waals surface area contributed by atoms with Crippen LogP contribution in [0, 0.1) is 11.5 Å². The van der Waals surface area contributed by atoms with Crippen molar-refractivity contribution in [2.24, 2.45) is 0 Å². The van der Waals surface area contributed by atoms with Gasteiger partial charge in [-0.05, 0) is 6.42 Å². The molecule has 0 aromatic heterocycles. The van der Waals surface area contributed by atoms with Crippen molar-refractivity contribution in [3.8, 4) is 11.5 Å². The predicted molar refractivity (Wildman–Crippen MR) is 82.4 cm³/mol. The summed E-state index contributed by atoms with van der Waals surface area (Å²) in [6.45, 7) is 9.13. The standard InChI is InChI=1S/C16H30OSi/c1-5-6-7-8-9-10-11-12-15-16(17-15)13-14-18(2,3)4/h15-16H,5-12H2,1-4H3/t15-,16+/m0/s1. The van der Waals surface area contributed by atoms with Crippen molar-refractivity contribution in [2.75, 3.05) is 0 Å². The topological polar surface area (TPSA) is 12.5 Å². The third kappa shape index (κ3) is 7.95. The molecule has 0 aromatic rings. The van der Waals surface area contributed by atoms with Crippen molar-refractivity contribution < 1.29 is 4.74 Å². The molecule has 1 fully saturated rings. The zero-order chi connectivity index (χ0) is 13.4. The van der Waals surface area contributed by atoms with Gasteiger partial charge in [-0.3, -0.25) is 0 Å². The molecule has 1 aliphatic rings. The Labute approximate surface area is 115 Å². The highest BCUT2D eigenvalue weighted by atomic mass is 28.3. The van der Waals surface area contributed by atoms with Crippen LogP contribution in [0.15, 0.2) is 0 Å². The van der Waals surface area contributed by atoms with Crippen LogP contribution >= 0.6 is 0 Å². The Balaban J connectivity index is 1.95. The number of hydrogen-bond acceptors (Lipinski definition) is 1. The summed E-state index contributed by atoms with van der Waals surface area (Å²) < 4.78 is 5.61. The van der Waals surface area contributed by atoms with E-state index in [4.69, 9.17) is 4.74 Å². The van der Waals surface area contributed by atoms with Crippen molar-refractivity contribution in [3.05, 3.63) is 0 Å². The van der Waals surface area contributed by atoms with E-state index in [9.17, 15) is 0 Å². The molecule has 0 unspecified atom stereocenters. The molecule has 0 amide bonds. The van der Waals surface area contributed by atoms with Gasteiger partial charge in [0.15, 0.2) is 0 Å². The fraction of sp³-hybridized carbons (Fsp3) is 0.875. The van der Waals surface area contributed by atoms with E-state index < -0.39 is 8.07 Å². The van der Waals surface area contributed by atoms with Crippen LogP contribution in [0.2, 0.25) is 19.6 Å². The molecule has 0 radical (unpaired) electrons. The molecule has 0 aliphatic carbocycles. The first-order chi connectivity index (χ1) is 8.53. The van der Waals surface area contributed by atoms with Crippen LogP contribution in [0.25, 0.3) is 0 Å². The van der Waals surface area contributed by atoms with E-state index in [-0.39, 0.29) is 6.10 Å². The van der Waals surface area contributed by atoms with Crippen molar-refractivity contribution >= 4 is 8.07 Å². The van der Waals surface area contributed by atoms with Gasteiger partial charge >= 0.3 is 0 Å². The van der Waals surface area contributed by atoms with E-state index in [0.29, 0.717) is 6.10 Å². The molecule has 0 N–H and O–H groups in total. The quantitative estimate of drug-likeness (QED) is 0.267. The second-order valence-electron chi connectivity index (χ2n) is 6.52. The number of unbranched alkanes of at least 4 members (excludes halogenated alkanes) is 6. The number of rotatable bonds is 8. The highest BCUT2D eigenvalue weighted by Crippen LogP contribution is 2.27. The maximum atomic E-state index is 5.61. The fourth-order valence-corrected chi connectivity index (χ4v) is 2.65. The summed E-state index contributed by atoms with van der Waals surface area (Å²) >= 11 is 0. The van der Waals surface area contributed by atoms with Crippen molar-refractivity contribution in [2.45, 2.75) is 90.1 Å². The minimum Gasteiger partial charge on any atom is -0.356 e. The molecule has 104 valence electrons. The van der Waals surface area contributed by atoms with Gasteiger partial charge in [0.1, 0.15) is 14.2 Å². The molecular formula is C16H30OSi. The number of hydrogen-bond donors (Lipinski definition) is 0. The average molecular weight is 267 g/mol. The monoisotopic (exact) mass is 266 g/mol. The lowest BCUT2D eigenvalue weighted by molar-refractivity contribution is 0.374. The average Bonchev–Trinajstić information content (AvgIpc) is 3.03. The maximum Gasteiger partial charge on any atom is 0.144 e. The maximum absolute atomic E-state index is 5.61. The molecule has 0 aromatic carbocycles. The van der Waals surface area contributed by atoms with E-state index in [1.54, 1.807) is 0 Å². The molecule has 2 atom stereocenters. The zero-order valence-electron chi connectivity index (χ0n) is 12.7. The molecule has 18 heavy (non-hydrogen) atoms. The fourth-order valence-electron chi connectivity index (χ4n) is 2.08. The lowest BCUT2D eigenvalue weighted by Crippen LogP contribution is -2.16. The van der Waals surface area contributed by atoms with Gasteiger partial charge in [-0.25, -0.2) is 0 Å². The van der Waals surface area contributed by atoms with E-state index in [2.05, 4.69) is 38.0 Å². The molecule has 2 heteroatoms. The highest BCUT2D eigenvalue weighted by Gasteiger charge is 2.36. The lowest BCUT2D eigenvalue weighted by Gasteiger charge is -2.02. The Bertz CT molecular complexity index is 282. The van der Waals surface area contributed by atoms with Crippen molar-refractivity contribution in [3.63, 3.8) is 0 Å². The minimum atomic E-state index is -1.21. The molecule has 0 bridgehead atoms. The Kier molecular flexibility index (Phi) is 7.03. The van der Waals surface area contributed by atoms with Gasteiger partial charge < -0.3 is 4.74 Å². The second kappa shape index (κ2) is 8.02. The Hall–Kier alpha value is -0.263. The number of ether oxygens (including phenoxy) is 1. The molecular weight excluding hydrogens is 236 g/mol. The van der Waals surface area contributed by atoms with E-state index in [0.717, 1.165) is 0 Å². The smallest absolute Gasteiger partial charge is 0.144 e. The van der Waals surface area contributed by atoms with Gasteiger partial charge in [0.2, 0.25) is 0 Å². The van der Waals surface area contributed by atoms with Gasteiger partial charge in [-0.2, -0.15) is 0 Å². The summed E-state index contributed by atoms with van der Waals surface area (Å²) in [6.07, 6.45) is 11.6. The minimum absolute atomic E-state index is 0.275. The van der Waals surface area contributed by atoms with Crippen LogP contribution < -0.4 is 0 Å². The molecule has 0 spiro atoms. The van der Waals surface area contributed by atoms with E-state index in [1.807, 2.05) is 0 Å². The van der Waals surface area contributed by atoms with E-state index >= 15 is 0 Å². The zero-order valence-corrected chi connectivity index (χ0v) is 13.7. The first-order valence-corrected chi connectivity index (χ1v) is 11.2. The molecule has 1 rings (SSSR count).